The van der Waals surface area contributed by atoms with E-state index in [0.29, 0.717) is 29.6 Å². The van der Waals surface area contributed by atoms with E-state index in [1.54, 1.807) is 13.1 Å². The van der Waals surface area contributed by atoms with Gasteiger partial charge < -0.3 is 4.90 Å². The Labute approximate surface area is 213 Å². The van der Waals surface area contributed by atoms with E-state index >= 15 is 0 Å². The van der Waals surface area contributed by atoms with Crippen LogP contribution in [0, 0.1) is 30.1 Å². The Morgan fingerprint density at radius 2 is 2.25 bits per heavy atom. The third-order valence-corrected chi connectivity index (χ3v) is 6.63. The summed E-state index contributed by atoms with van der Waals surface area (Å²) >= 11 is 0. The normalized spacial score (nSPS) is 21.4. The topological polar surface area (TPSA) is 45.6 Å². The molecule has 1 saturated heterocycles. The molecule has 1 aromatic rings. The van der Waals surface area contributed by atoms with Crippen LogP contribution >= 0.6 is 0 Å². The van der Waals surface area contributed by atoms with Crippen LogP contribution in [0.5, 0.6) is 0 Å². The lowest BCUT2D eigenvalue weighted by molar-refractivity contribution is -0.110. The molecule has 0 N–H and O–H groups in total. The summed E-state index contributed by atoms with van der Waals surface area (Å²) in [6.45, 7) is 7.58. The van der Waals surface area contributed by atoms with Crippen LogP contribution in [0.4, 0.5) is 10.1 Å². The average molecular weight is 480 g/mol. The second kappa shape index (κ2) is 11.2. The van der Waals surface area contributed by atoms with Gasteiger partial charge in [-0.05, 0) is 62.3 Å². The summed E-state index contributed by atoms with van der Waals surface area (Å²) in [6, 6.07) is 2.05. The summed E-state index contributed by atoms with van der Waals surface area (Å²) < 4.78 is 14.6. The molecule has 4 rings (SSSR count). The first-order chi connectivity index (χ1) is 17.4. The quantitative estimate of drug-likeness (QED) is 0.335. The highest BCUT2D eigenvalue weighted by Crippen LogP contribution is 2.32. The summed E-state index contributed by atoms with van der Waals surface area (Å²) in [5.41, 5.74) is 6.21. The van der Waals surface area contributed by atoms with Crippen molar-refractivity contribution in [3.8, 4) is 24.2 Å². The maximum absolute atomic E-state index is 14.6. The molecule has 182 valence electrons. The Morgan fingerprint density at radius 1 is 1.42 bits per heavy atom. The minimum atomic E-state index is -0.460. The number of rotatable bonds is 4. The molecule has 0 bridgehead atoms. The Morgan fingerprint density at radius 3 is 2.97 bits per heavy atom. The van der Waals surface area contributed by atoms with Gasteiger partial charge in [0.2, 0.25) is 5.78 Å². The lowest BCUT2D eigenvalue weighted by Gasteiger charge is -2.22. The van der Waals surface area contributed by atoms with Crippen LogP contribution < -0.4 is 4.90 Å². The minimum Gasteiger partial charge on any atom is -0.370 e. The molecular formula is C31H30FN3O. The second-order valence-electron chi connectivity index (χ2n) is 9.36. The molecule has 36 heavy (non-hydrogen) atoms. The van der Waals surface area contributed by atoms with Crippen molar-refractivity contribution in [2.24, 2.45) is 10.9 Å². The van der Waals surface area contributed by atoms with Crippen LogP contribution in [-0.2, 0) is 17.6 Å². The molecule has 1 aliphatic heterocycles. The van der Waals surface area contributed by atoms with Crippen molar-refractivity contribution >= 4 is 17.2 Å². The number of carbonyl (C=O) groups excluding carboxylic acids is 1. The fraction of sp³-hybridized carbons (Fsp3) is 0.323. The zero-order valence-electron chi connectivity index (χ0n) is 20.9. The molecule has 0 unspecified atom stereocenters. The molecule has 1 atom stereocenters. The maximum atomic E-state index is 14.6. The predicted octanol–water partition coefficient (Wildman–Crippen LogP) is 5.29. The molecule has 1 fully saturated rings. The number of carbonyl (C=O) groups is 1. The van der Waals surface area contributed by atoms with Crippen molar-refractivity contribution in [1.29, 1.82) is 0 Å². The van der Waals surface area contributed by atoms with E-state index in [1.807, 2.05) is 31.3 Å². The molecule has 0 radical (unpaired) electrons. The Balaban J connectivity index is 1.54. The number of pyridine rings is 1. The Bertz CT molecular complexity index is 1350. The number of aromatic nitrogens is 1. The Hall–Kier alpha value is -3.96. The molecular weight excluding hydrogens is 449 g/mol. The summed E-state index contributed by atoms with van der Waals surface area (Å²) in [6.07, 6.45) is 18.0. The zero-order chi connectivity index (χ0) is 25.7. The van der Waals surface area contributed by atoms with Crippen LogP contribution in [0.2, 0.25) is 0 Å². The van der Waals surface area contributed by atoms with E-state index in [0.717, 1.165) is 43.6 Å². The zero-order valence-corrected chi connectivity index (χ0v) is 20.9. The van der Waals surface area contributed by atoms with Crippen LogP contribution in [-0.4, -0.2) is 36.6 Å². The number of Topliss-reactive ketones (excluding diaryl/α,β-unsaturated/α-hetero) is 1. The molecule has 2 aliphatic carbocycles. The SMILES string of the molecule is C#C[C@@H]1CCN(c2ccnc3c2CCC=C(C(=O)C#CC2=C/C(=C/CC(=C)C)C(=NC)C(F)=C2)C3)C1. The van der Waals surface area contributed by atoms with Gasteiger partial charge in [-0.1, -0.05) is 30.2 Å². The summed E-state index contributed by atoms with van der Waals surface area (Å²) in [7, 11) is 1.55. The third-order valence-electron chi connectivity index (χ3n) is 6.63. The molecule has 0 aromatic carbocycles. The average Bonchev–Trinajstić information content (AvgIpc) is 3.24. The fourth-order valence-corrected chi connectivity index (χ4v) is 4.75. The van der Waals surface area contributed by atoms with E-state index in [9.17, 15) is 9.18 Å². The van der Waals surface area contributed by atoms with Crippen LogP contribution in [0.3, 0.4) is 0 Å². The molecule has 2 heterocycles. The number of ketones is 1. The molecule has 5 heteroatoms. The van der Waals surface area contributed by atoms with Gasteiger partial charge in [-0.2, -0.15) is 0 Å². The fourth-order valence-electron chi connectivity index (χ4n) is 4.75. The van der Waals surface area contributed by atoms with E-state index in [1.165, 1.54) is 17.3 Å². The lowest BCUT2D eigenvalue weighted by Crippen LogP contribution is -2.21. The molecule has 1 aromatic heterocycles. The summed E-state index contributed by atoms with van der Waals surface area (Å²) in [5.74, 6) is 8.00. The monoisotopic (exact) mass is 479 g/mol. The highest BCUT2D eigenvalue weighted by atomic mass is 19.1. The molecule has 0 amide bonds. The van der Waals surface area contributed by atoms with E-state index in [2.05, 4.69) is 39.2 Å². The van der Waals surface area contributed by atoms with E-state index < -0.39 is 5.83 Å². The third kappa shape index (κ3) is 5.64. The number of anilines is 1. The van der Waals surface area contributed by atoms with Gasteiger partial charge in [-0.15, -0.1) is 12.3 Å². The molecule has 0 saturated carbocycles. The van der Waals surface area contributed by atoms with Gasteiger partial charge in [0.15, 0.2) is 0 Å². The standard InChI is InChI=1S/C31H30FN3O/c1-5-22-14-16-35(20-22)29-13-15-34-28-19-24(7-6-8-26(28)29)30(36)12-10-23-17-25(11-9-21(2)3)31(33-4)27(32)18-23/h1,7,11,13,15,17-18,22H,2,6,8-9,14,16,19-20H2,3-4H3/b25-11-,33-31?/t22-/m1/s1. The number of hydrogen-bond donors (Lipinski definition) is 0. The van der Waals surface area contributed by atoms with Crippen molar-refractivity contribution in [1.82, 2.24) is 4.98 Å². The van der Waals surface area contributed by atoms with E-state index in [4.69, 9.17) is 6.42 Å². The summed E-state index contributed by atoms with van der Waals surface area (Å²) in [4.78, 5) is 24.0. The largest absolute Gasteiger partial charge is 0.370 e. The van der Waals surface area contributed by atoms with Crippen molar-refractivity contribution in [3.63, 3.8) is 0 Å². The van der Waals surface area contributed by atoms with Crippen LogP contribution in [0.15, 0.2) is 76.3 Å². The number of nitrogens with zero attached hydrogens (tertiary/aromatic N) is 3. The van der Waals surface area contributed by atoms with Gasteiger partial charge in [0.25, 0.3) is 0 Å². The van der Waals surface area contributed by atoms with Crippen molar-refractivity contribution < 1.29 is 9.18 Å². The number of halogens is 1. The van der Waals surface area contributed by atoms with Crippen molar-refractivity contribution in [2.75, 3.05) is 25.0 Å². The van der Waals surface area contributed by atoms with E-state index in [-0.39, 0.29) is 17.4 Å². The first kappa shape index (κ1) is 25.1. The van der Waals surface area contributed by atoms with Crippen molar-refractivity contribution in [3.05, 3.63) is 82.5 Å². The smallest absolute Gasteiger partial charge is 0.232 e. The lowest BCUT2D eigenvalue weighted by atomic mass is 9.97. The maximum Gasteiger partial charge on any atom is 0.232 e. The Kier molecular flexibility index (Phi) is 7.81. The summed E-state index contributed by atoms with van der Waals surface area (Å²) in [5, 5.41) is 0. The molecule has 3 aliphatic rings. The van der Waals surface area contributed by atoms with Crippen LogP contribution in [0.1, 0.15) is 37.4 Å². The number of terminal acetylenes is 1. The van der Waals surface area contributed by atoms with Gasteiger partial charge in [0.1, 0.15) is 5.83 Å². The number of allylic oxidation sites excluding steroid dienone is 9. The number of hydrogen-bond acceptors (Lipinski definition) is 4. The van der Waals surface area contributed by atoms with Crippen molar-refractivity contribution in [2.45, 2.75) is 39.0 Å². The van der Waals surface area contributed by atoms with Gasteiger partial charge in [-0.3, -0.25) is 14.8 Å². The van der Waals surface area contributed by atoms with Gasteiger partial charge in [0.05, 0.1) is 11.4 Å². The van der Waals surface area contributed by atoms with Gasteiger partial charge in [0, 0.05) is 61.1 Å². The second-order valence-corrected chi connectivity index (χ2v) is 9.36. The van der Waals surface area contributed by atoms with Gasteiger partial charge in [-0.25, -0.2) is 4.39 Å². The number of fused-ring (bicyclic) bond motifs is 1. The first-order valence-corrected chi connectivity index (χ1v) is 12.2. The first-order valence-electron chi connectivity index (χ1n) is 12.2. The minimum absolute atomic E-state index is 0.263. The predicted molar refractivity (Wildman–Crippen MR) is 144 cm³/mol. The molecule has 4 nitrogen and oxygen atoms in total. The highest BCUT2D eigenvalue weighted by Gasteiger charge is 2.25. The molecule has 0 spiro atoms. The van der Waals surface area contributed by atoms with Crippen LogP contribution in [0.25, 0.3) is 0 Å². The van der Waals surface area contributed by atoms with Gasteiger partial charge >= 0.3 is 0 Å². The highest BCUT2D eigenvalue weighted by molar-refractivity contribution is 6.15. The number of aliphatic imine (C=N–C) groups is 1.